The second-order valence-corrected chi connectivity index (χ2v) is 5.71. The lowest BCUT2D eigenvalue weighted by atomic mass is 10.3. The van der Waals surface area contributed by atoms with E-state index in [1.807, 2.05) is 6.92 Å². The molecule has 2 aromatic rings. The zero-order chi connectivity index (χ0) is 12.4. The van der Waals surface area contributed by atoms with E-state index in [0.29, 0.717) is 6.42 Å². The van der Waals surface area contributed by atoms with Gasteiger partial charge in [-0.2, -0.15) is 0 Å². The number of ether oxygens (including phenoxy) is 1. The molecular formula is C12H13NO2S2. The van der Waals surface area contributed by atoms with Crippen molar-refractivity contribution in [2.45, 2.75) is 20.3 Å². The van der Waals surface area contributed by atoms with Crippen LogP contribution in [0.5, 0.6) is 0 Å². The van der Waals surface area contributed by atoms with Crippen molar-refractivity contribution in [1.82, 2.24) is 4.98 Å². The van der Waals surface area contributed by atoms with Crippen LogP contribution in [0.3, 0.4) is 0 Å². The predicted molar refractivity (Wildman–Crippen MR) is 70.6 cm³/mol. The molecule has 2 heterocycles. The van der Waals surface area contributed by atoms with Crippen LogP contribution in [0.4, 0.5) is 0 Å². The van der Waals surface area contributed by atoms with Crippen LogP contribution in [0, 0.1) is 13.8 Å². The monoisotopic (exact) mass is 267 g/mol. The van der Waals surface area contributed by atoms with Gasteiger partial charge in [-0.25, -0.2) is 4.98 Å². The van der Waals surface area contributed by atoms with Gasteiger partial charge in [0.2, 0.25) is 0 Å². The molecule has 2 aromatic heterocycles. The second-order valence-electron chi connectivity index (χ2n) is 3.71. The van der Waals surface area contributed by atoms with Crippen molar-refractivity contribution in [1.29, 1.82) is 0 Å². The molecule has 0 bridgehead atoms. The number of carbonyl (C=O) groups excluding carboxylic acids is 1. The molecule has 0 amide bonds. The molecule has 0 unspecified atom stereocenters. The van der Waals surface area contributed by atoms with Crippen LogP contribution in [0.25, 0.3) is 9.88 Å². The molecule has 0 saturated carbocycles. The highest BCUT2D eigenvalue weighted by molar-refractivity contribution is 7.21. The molecule has 17 heavy (non-hydrogen) atoms. The fourth-order valence-corrected chi connectivity index (χ4v) is 3.62. The lowest BCUT2D eigenvalue weighted by Crippen LogP contribution is -2.03. The second kappa shape index (κ2) is 4.98. The Labute approximate surface area is 108 Å². The summed E-state index contributed by atoms with van der Waals surface area (Å²) in [6, 6.07) is 2.08. The first-order valence-corrected chi connectivity index (χ1v) is 6.89. The Bertz CT molecular complexity index is 542. The Morgan fingerprint density at radius 1 is 1.47 bits per heavy atom. The van der Waals surface area contributed by atoms with Crippen molar-refractivity contribution in [3.8, 4) is 9.88 Å². The third kappa shape index (κ3) is 2.56. The van der Waals surface area contributed by atoms with Crippen molar-refractivity contribution < 1.29 is 9.53 Å². The van der Waals surface area contributed by atoms with E-state index in [0.717, 1.165) is 15.6 Å². The van der Waals surface area contributed by atoms with Gasteiger partial charge in [-0.3, -0.25) is 4.79 Å². The average Bonchev–Trinajstić information content (AvgIpc) is 2.86. The maximum Gasteiger partial charge on any atom is 0.310 e. The van der Waals surface area contributed by atoms with Crippen molar-refractivity contribution in [2.75, 3.05) is 7.11 Å². The number of methoxy groups -OCH3 is 1. The highest BCUT2D eigenvalue weighted by Gasteiger charge is 2.14. The summed E-state index contributed by atoms with van der Waals surface area (Å²) in [5.41, 5.74) is 2.15. The van der Waals surface area contributed by atoms with E-state index in [2.05, 4.69) is 28.1 Å². The van der Waals surface area contributed by atoms with Gasteiger partial charge in [0.05, 0.1) is 24.1 Å². The minimum absolute atomic E-state index is 0.216. The number of esters is 1. The fourth-order valence-electron chi connectivity index (χ4n) is 1.48. The van der Waals surface area contributed by atoms with Crippen LogP contribution in [0.1, 0.15) is 16.1 Å². The first-order valence-electron chi connectivity index (χ1n) is 5.19. The summed E-state index contributed by atoms with van der Waals surface area (Å²) in [5.74, 6) is -0.216. The number of thiazole rings is 1. The molecule has 5 heteroatoms. The zero-order valence-corrected chi connectivity index (χ0v) is 11.6. The standard InChI is InChI=1S/C12H13NO2S2/c1-7-4-5-16-11(7)12-13-8(2)9(17-12)6-10(14)15-3/h4-5H,6H2,1-3H3. The van der Waals surface area contributed by atoms with Crippen LogP contribution < -0.4 is 0 Å². The number of hydrogen-bond donors (Lipinski definition) is 0. The number of thiophene rings is 1. The smallest absolute Gasteiger partial charge is 0.310 e. The molecule has 0 aliphatic heterocycles. The number of aryl methyl sites for hydroxylation is 2. The largest absolute Gasteiger partial charge is 0.469 e. The Kier molecular flexibility index (Phi) is 3.59. The summed E-state index contributed by atoms with van der Waals surface area (Å²) in [4.78, 5) is 18.0. The molecule has 0 aliphatic carbocycles. The molecule has 3 nitrogen and oxygen atoms in total. The van der Waals surface area contributed by atoms with Gasteiger partial charge in [-0.15, -0.1) is 22.7 Å². The van der Waals surface area contributed by atoms with Gasteiger partial charge in [0, 0.05) is 4.88 Å². The zero-order valence-electron chi connectivity index (χ0n) is 9.94. The molecule has 0 aliphatic rings. The maximum atomic E-state index is 11.3. The molecule has 0 fully saturated rings. The van der Waals surface area contributed by atoms with Crippen LogP contribution >= 0.6 is 22.7 Å². The fraction of sp³-hybridized carbons (Fsp3) is 0.333. The first-order chi connectivity index (χ1) is 8.11. The maximum absolute atomic E-state index is 11.3. The lowest BCUT2D eigenvalue weighted by molar-refractivity contribution is -0.139. The van der Waals surface area contributed by atoms with Crippen molar-refractivity contribution in [2.24, 2.45) is 0 Å². The van der Waals surface area contributed by atoms with Crippen LogP contribution in [0.15, 0.2) is 11.4 Å². The average molecular weight is 267 g/mol. The lowest BCUT2D eigenvalue weighted by Gasteiger charge is -1.95. The van der Waals surface area contributed by atoms with Gasteiger partial charge < -0.3 is 4.74 Å². The highest BCUT2D eigenvalue weighted by atomic mass is 32.1. The molecule has 0 N–H and O–H groups in total. The molecule has 0 atom stereocenters. The van der Waals surface area contributed by atoms with E-state index in [-0.39, 0.29) is 5.97 Å². The summed E-state index contributed by atoms with van der Waals surface area (Å²) >= 11 is 3.25. The van der Waals surface area contributed by atoms with Crippen LogP contribution in [-0.4, -0.2) is 18.1 Å². The quantitative estimate of drug-likeness (QED) is 0.802. The van der Waals surface area contributed by atoms with E-state index in [1.54, 1.807) is 22.7 Å². The number of rotatable bonds is 3. The predicted octanol–water partition coefficient (Wildman–Crippen LogP) is 3.20. The van der Waals surface area contributed by atoms with Crippen molar-refractivity contribution in [3.05, 3.63) is 27.6 Å². The highest BCUT2D eigenvalue weighted by Crippen LogP contribution is 2.34. The molecule has 2 rings (SSSR count). The van der Waals surface area contributed by atoms with Crippen LogP contribution in [0.2, 0.25) is 0 Å². The Balaban J connectivity index is 2.31. The minimum atomic E-state index is -0.216. The Morgan fingerprint density at radius 3 is 2.82 bits per heavy atom. The molecule has 0 aromatic carbocycles. The van der Waals surface area contributed by atoms with E-state index < -0.39 is 0 Å². The van der Waals surface area contributed by atoms with E-state index in [9.17, 15) is 4.79 Å². The van der Waals surface area contributed by atoms with Crippen LogP contribution in [-0.2, 0) is 16.0 Å². The minimum Gasteiger partial charge on any atom is -0.469 e. The summed E-state index contributed by atoms with van der Waals surface area (Å²) in [6.07, 6.45) is 0.310. The SMILES string of the molecule is COC(=O)Cc1sc(-c2sccc2C)nc1C. The van der Waals surface area contributed by atoms with E-state index in [4.69, 9.17) is 0 Å². The molecular weight excluding hydrogens is 254 g/mol. The summed E-state index contributed by atoms with van der Waals surface area (Å²) in [7, 11) is 1.41. The number of nitrogens with zero attached hydrogens (tertiary/aromatic N) is 1. The van der Waals surface area contributed by atoms with Gasteiger partial charge in [0.1, 0.15) is 5.01 Å². The number of hydrogen-bond acceptors (Lipinski definition) is 5. The molecule has 0 spiro atoms. The number of carbonyl (C=O) groups is 1. The molecule has 90 valence electrons. The summed E-state index contributed by atoms with van der Waals surface area (Å²) < 4.78 is 4.68. The summed E-state index contributed by atoms with van der Waals surface area (Å²) in [5, 5.41) is 3.05. The Hall–Kier alpha value is -1.20. The number of aromatic nitrogens is 1. The summed E-state index contributed by atoms with van der Waals surface area (Å²) in [6.45, 7) is 4.00. The third-order valence-electron chi connectivity index (χ3n) is 2.48. The van der Waals surface area contributed by atoms with Gasteiger partial charge in [0.15, 0.2) is 0 Å². The van der Waals surface area contributed by atoms with Gasteiger partial charge >= 0.3 is 5.97 Å². The molecule has 0 saturated heterocycles. The topological polar surface area (TPSA) is 39.2 Å². The Morgan fingerprint density at radius 2 is 2.24 bits per heavy atom. The van der Waals surface area contributed by atoms with Crippen molar-refractivity contribution >= 4 is 28.6 Å². The van der Waals surface area contributed by atoms with Crippen molar-refractivity contribution in [3.63, 3.8) is 0 Å². The van der Waals surface area contributed by atoms with E-state index in [1.165, 1.54) is 17.6 Å². The van der Waals surface area contributed by atoms with Gasteiger partial charge in [-0.1, -0.05) is 0 Å². The normalized spacial score (nSPS) is 10.5. The van der Waals surface area contributed by atoms with Gasteiger partial charge in [0.25, 0.3) is 0 Å². The molecule has 0 radical (unpaired) electrons. The van der Waals surface area contributed by atoms with Gasteiger partial charge in [-0.05, 0) is 30.9 Å². The first kappa shape index (κ1) is 12.3. The third-order valence-corrected chi connectivity index (χ3v) is 4.81. The van der Waals surface area contributed by atoms with E-state index >= 15 is 0 Å².